The van der Waals surface area contributed by atoms with E-state index in [-0.39, 0.29) is 5.91 Å². The van der Waals surface area contributed by atoms with E-state index in [0.29, 0.717) is 23.0 Å². The predicted octanol–water partition coefficient (Wildman–Crippen LogP) is 7.74. The summed E-state index contributed by atoms with van der Waals surface area (Å²) in [4.78, 5) is 27.0. The molecule has 0 fully saturated rings. The topological polar surface area (TPSA) is 55.3 Å². The number of ether oxygens (including phenoxy) is 1. The molecule has 3 aromatic carbocycles. The van der Waals surface area contributed by atoms with Gasteiger partial charge in [-0.15, -0.1) is 11.3 Å². The Balaban J connectivity index is 1.54. The SMILES string of the molecule is COc1ccc(C)c2sc(N(Cc3ccccc3)C(=O)c3cc(-c4cccs4)nc4ccccc34)nc12. The summed E-state index contributed by atoms with van der Waals surface area (Å²) in [7, 11) is 1.64. The fraction of sp³-hybridized carbons (Fsp3) is 0.100. The van der Waals surface area contributed by atoms with Crippen LogP contribution >= 0.6 is 22.7 Å². The van der Waals surface area contributed by atoms with Crippen molar-refractivity contribution in [2.24, 2.45) is 0 Å². The fourth-order valence-corrected chi connectivity index (χ4v) is 6.15. The number of thiazole rings is 1. The van der Waals surface area contributed by atoms with E-state index in [0.717, 1.165) is 42.8 Å². The van der Waals surface area contributed by atoms with Gasteiger partial charge in [-0.1, -0.05) is 72.0 Å². The molecule has 0 bridgehead atoms. The number of carbonyl (C=O) groups is 1. The van der Waals surface area contributed by atoms with Crippen molar-refractivity contribution < 1.29 is 9.53 Å². The predicted molar refractivity (Wildman–Crippen MR) is 153 cm³/mol. The number of hydrogen-bond acceptors (Lipinski definition) is 6. The fourth-order valence-electron chi connectivity index (χ4n) is 4.42. The summed E-state index contributed by atoms with van der Waals surface area (Å²) in [6.07, 6.45) is 0. The molecule has 0 spiro atoms. The zero-order valence-electron chi connectivity index (χ0n) is 20.3. The van der Waals surface area contributed by atoms with Crippen LogP contribution in [0.1, 0.15) is 21.5 Å². The Morgan fingerprint density at radius 2 is 1.76 bits per heavy atom. The first-order chi connectivity index (χ1) is 18.1. The van der Waals surface area contributed by atoms with E-state index in [4.69, 9.17) is 14.7 Å². The maximum atomic E-state index is 14.4. The molecule has 6 aromatic rings. The van der Waals surface area contributed by atoms with Gasteiger partial charge in [0.25, 0.3) is 5.91 Å². The lowest BCUT2D eigenvalue weighted by atomic mass is 10.1. The quantitative estimate of drug-likeness (QED) is 0.225. The Morgan fingerprint density at radius 3 is 2.54 bits per heavy atom. The van der Waals surface area contributed by atoms with Crippen LogP contribution in [-0.2, 0) is 6.54 Å². The van der Waals surface area contributed by atoms with Crippen molar-refractivity contribution >= 4 is 54.8 Å². The van der Waals surface area contributed by atoms with E-state index >= 15 is 0 Å². The lowest BCUT2D eigenvalue weighted by molar-refractivity contribution is 0.0986. The minimum atomic E-state index is -0.115. The highest BCUT2D eigenvalue weighted by molar-refractivity contribution is 7.22. The number of amides is 1. The van der Waals surface area contributed by atoms with Gasteiger partial charge in [0, 0.05) is 5.39 Å². The monoisotopic (exact) mass is 521 g/mol. The molecule has 0 saturated heterocycles. The highest BCUT2D eigenvalue weighted by atomic mass is 32.1. The van der Waals surface area contributed by atoms with Crippen LogP contribution in [0.25, 0.3) is 31.7 Å². The van der Waals surface area contributed by atoms with Gasteiger partial charge in [0.2, 0.25) is 0 Å². The van der Waals surface area contributed by atoms with Gasteiger partial charge in [0.05, 0.1) is 40.0 Å². The zero-order chi connectivity index (χ0) is 25.4. The Hall–Kier alpha value is -4.07. The number of aryl methyl sites for hydroxylation is 1. The van der Waals surface area contributed by atoms with Crippen LogP contribution < -0.4 is 9.64 Å². The number of rotatable bonds is 6. The average Bonchev–Trinajstić information content (AvgIpc) is 3.63. The highest BCUT2D eigenvalue weighted by Crippen LogP contribution is 2.38. The van der Waals surface area contributed by atoms with Crippen LogP contribution in [0, 0.1) is 6.92 Å². The molecule has 0 N–H and O–H groups in total. The van der Waals surface area contributed by atoms with Crippen molar-refractivity contribution in [3.8, 4) is 16.3 Å². The van der Waals surface area contributed by atoms with Gasteiger partial charge >= 0.3 is 0 Å². The minimum absolute atomic E-state index is 0.115. The molecule has 3 aromatic heterocycles. The van der Waals surface area contributed by atoms with Crippen LogP contribution in [0.15, 0.2) is 90.3 Å². The number of nitrogens with zero attached hydrogens (tertiary/aromatic N) is 3. The standard InChI is InChI=1S/C30H23N3O2S2/c1-19-14-15-25(35-2)27-28(19)37-30(32-27)33(18-20-9-4-3-5-10-20)29(34)22-17-24(26-13-8-16-36-26)31-23-12-7-6-11-21(22)23/h3-17H,18H2,1-2H3. The number of aromatic nitrogens is 2. The van der Waals surface area contributed by atoms with Crippen molar-refractivity contribution in [3.05, 3.63) is 107 Å². The molecule has 0 radical (unpaired) electrons. The Morgan fingerprint density at radius 1 is 0.946 bits per heavy atom. The number of thiophene rings is 1. The molecule has 0 aliphatic rings. The van der Waals surface area contributed by atoms with Crippen molar-refractivity contribution in [3.63, 3.8) is 0 Å². The number of fused-ring (bicyclic) bond motifs is 2. The molecule has 6 rings (SSSR count). The van der Waals surface area contributed by atoms with E-state index in [1.165, 1.54) is 11.3 Å². The zero-order valence-corrected chi connectivity index (χ0v) is 22.0. The summed E-state index contributed by atoms with van der Waals surface area (Å²) in [5, 5.41) is 3.47. The van der Waals surface area contributed by atoms with Gasteiger partial charge in [-0.25, -0.2) is 9.97 Å². The number of benzene rings is 3. The highest BCUT2D eigenvalue weighted by Gasteiger charge is 2.25. The second-order valence-electron chi connectivity index (χ2n) is 8.69. The van der Waals surface area contributed by atoms with Gasteiger partial charge in [0.1, 0.15) is 11.3 Å². The Kier molecular flexibility index (Phi) is 6.16. The third-order valence-electron chi connectivity index (χ3n) is 6.29. The second kappa shape index (κ2) is 9.76. The Bertz CT molecular complexity index is 1730. The maximum absolute atomic E-state index is 14.4. The van der Waals surface area contributed by atoms with Gasteiger partial charge < -0.3 is 4.74 Å². The first-order valence-electron chi connectivity index (χ1n) is 11.9. The van der Waals surface area contributed by atoms with Crippen molar-refractivity contribution in [1.29, 1.82) is 0 Å². The van der Waals surface area contributed by atoms with E-state index in [1.54, 1.807) is 23.3 Å². The summed E-state index contributed by atoms with van der Waals surface area (Å²) in [5.74, 6) is 0.584. The average molecular weight is 522 g/mol. The van der Waals surface area contributed by atoms with Crippen LogP contribution in [-0.4, -0.2) is 23.0 Å². The van der Waals surface area contributed by atoms with Gasteiger partial charge in [-0.05, 0) is 47.7 Å². The minimum Gasteiger partial charge on any atom is -0.494 e. The molecular formula is C30H23N3O2S2. The molecular weight excluding hydrogens is 498 g/mol. The molecule has 0 unspecified atom stereocenters. The molecule has 1 amide bonds. The normalized spacial score (nSPS) is 11.2. The van der Waals surface area contributed by atoms with Crippen LogP contribution in [0.4, 0.5) is 5.13 Å². The smallest absolute Gasteiger partial charge is 0.261 e. The third kappa shape index (κ3) is 4.37. The van der Waals surface area contributed by atoms with Gasteiger partial charge in [-0.2, -0.15) is 0 Å². The molecule has 37 heavy (non-hydrogen) atoms. The van der Waals surface area contributed by atoms with Gasteiger partial charge in [-0.3, -0.25) is 9.69 Å². The second-order valence-corrected chi connectivity index (χ2v) is 10.6. The van der Waals surface area contributed by atoms with Crippen molar-refractivity contribution in [1.82, 2.24) is 9.97 Å². The van der Waals surface area contributed by atoms with Crippen LogP contribution in [0.5, 0.6) is 5.75 Å². The van der Waals surface area contributed by atoms with E-state index in [9.17, 15) is 4.79 Å². The summed E-state index contributed by atoms with van der Waals surface area (Å²) < 4.78 is 6.60. The number of carbonyl (C=O) groups excluding carboxylic acids is 1. The number of hydrogen-bond donors (Lipinski definition) is 0. The number of methoxy groups -OCH3 is 1. The van der Waals surface area contributed by atoms with Crippen LogP contribution in [0.3, 0.4) is 0 Å². The van der Waals surface area contributed by atoms with Gasteiger partial charge in [0.15, 0.2) is 5.13 Å². The molecule has 182 valence electrons. The van der Waals surface area contributed by atoms with Crippen molar-refractivity contribution in [2.45, 2.75) is 13.5 Å². The maximum Gasteiger partial charge on any atom is 0.261 e. The molecule has 0 aliphatic carbocycles. The van der Waals surface area contributed by atoms with Crippen molar-refractivity contribution in [2.75, 3.05) is 12.0 Å². The summed E-state index contributed by atoms with van der Waals surface area (Å²) in [6.45, 7) is 2.45. The van der Waals surface area contributed by atoms with E-state index < -0.39 is 0 Å². The molecule has 7 heteroatoms. The number of anilines is 1. The summed E-state index contributed by atoms with van der Waals surface area (Å²) in [6, 6.07) is 27.7. The number of para-hydroxylation sites is 1. The third-order valence-corrected chi connectivity index (χ3v) is 8.40. The Labute approximate surface area is 222 Å². The first-order valence-corrected chi connectivity index (χ1v) is 13.6. The number of pyridine rings is 1. The molecule has 3 heterocycles. The lowest BCUT2D eigenvalue weighted by Gasteiger charge is -2.21. The largest absolute Gasteiger partial charge is 0.494 e. The molecule has 0 aliphatic heterocycles. The summed E-state index contributed by atoms with van der Waals surface area (Å²) >= 11 is 3.12. The summed E-state index contributed by atoms with van der Waals surface area (Å²) in [5.41, 5.74) is 5.08. The first kappa shape index (κ1) is 23.3. The lowest BCUT2D eigenvalue weighted by Crippen LogP contribution is -2.30. The van der Waals surface area contributed by atoms with Crippen LogP contribution in [0.2, 0.25) is 0 Å². The molecule has 5 nitrogen and oxygen atoms in total. The van der Waals surface area contributed by atoms with E-state index in [2.05, 4.69) is 6.92 Å². The van der Waals surface area contributed by atoms with E-state index in [1.807, 2.05) is 90.3 Å². The molecule has 0 saturated carbocycles. The molecule has 0 atom stereocenters.